The molecule has 0 amide bonds. The van der Waals surface area contributed by atoms with Crippen molar-refractivity contribution in [3.05, 3.63) is 53.3 Å². The SMILES string of the molecule is Nc1ccccc1NS(=O)(=O)c1ccc(Cl)cc1F. The Bertz CT molecular complexity index is 719. The minimum absolute atomic E-state index is 0.121. The van der Waals surface area contributed by atoms with Crippen molar-refractivity contribution in [1.29, 1.82) is 0 Å². The van der Waals surface area contributed by atoms with Crippen LogP contribution in [0, 0.1) is 5.82 Å². The van der Waals surface area contributed by atoms with Crippen LogP contribution in [0.5, 0.6) is 0 Å². The van der Waals surface area contributed by atoms with Gasteiger partial charge in [-0.25, -0.2) is 12.8 Å². The lowest BCUT2D eigenvalue weighted by atomic mass is 10.3. The molecule has 0 saturated heterocycles. The van der Waals surface area contributed by atoms with Crippen LogP contribution in [0.1, 0.15) is 0 Å². The summed E-state index contributed by atoms with van der Waals surface area (Å²) in [6, 6.07) is 9.64. The Morgan fingerprint density at radius 1 is 1.16 bits per heavy atom. The number of nitrogens with one attached hydrogen (secondary N) is 1. The van der Waals surface area contributed by atoms with Gasteiger partial charge in [0.15, 0.2) is 0 Å². The lowest BCUT2D eigenvalue weighted by molar-refractivity contribution is 0.570. The maximum absolute atomic E-state index is 13.6. The van der Waals surface area contributed by atoms with E-state index in [4.69, 9.17) is 17.3 Å². The van der Waals surface area contributed by atoms with Crippen molar-refractivity contribution >= 4 is 33.0 Å². The van der Waals surface area contributed by atoms with E-state index in [1.54, 1.807) is 12.1 Å². The zero-order valence-electron chi connectivity index (χ0n) is 9.60. The first-order valence-electron chi connectivity index (χ1n) is 5.22. The van der Waals surface area contributed by atoms with Gasteiger partial charge in [0.2, 0.25) is 0 Å². The number of anilines is 2. The highest BCUT2D eigenvalue weighted by Crippen LogP contribution is 2.24. The molecule has 0 unspecified atom stereocenters. The number of para-hydroxylation sites is 2. The van der Waals surface area contributed by atoms with Crippen LogP contribution in [0.25, 0.3) is 0 Å². The molecule has 4 nitrogen and oxygen atoms in total. The minimum atomic E-state index is -4.05. The molecule has 2 aromatic rings. The van der Waals surface area contributed by atoms with Gasteiger partial charge in [0.25, 0.3) is 10.0 Å². The van der Waals surface area contributed by atoms with E-state index in [9.17, 15) is 12.8 Å². The fraction of sp³-hybridized carbons (Fsp3) is 0. The van der Waals surface area contributed by atoms with Crippen LogP contribution in [-0.2, 0) is 10.0 Å². The number of rotatable bonds is 3. The summed E-state index contributed by atoms with van der Waals surface area (Å²) in [5.74, 6) is -0.922. The summed E-state index contributed by atoms with van der Waals surface area (Å²) in [4.78, 5) is -0.486. The average molecular weight is 301 g/mol. The van der Waals surface area contributed by atoms with Gasteiger partial charge < -0.3 is 5.73 Å². The van der Waals surface area contributed by atoms with Crippen molar-refractivity contribution in [3.63, 3.8) is 0 Å². The number of nitrogen functional groups attached to an aromatic ring is 1. The van der Waals surface area contributed by atoms with E-state index in [0.717, 1.165) is 12.1 Å². The van der Waals surface area contributed by atoms with Crippen LogP contribution in [0.3, 0.4) is 0 Å². The summed E-state index contributed by atoms with van der Waals surface area (Å²) >= 11 is 5.58. The largest absolute Gasteiger partial charge is 0.397 e. The highest BCUT2D eigenvalue weighted by atomic mass is 35.5. The van der Waals surface area contributed by atoms with Crippen molar-refractivity contribution in [1.82, 2.24) is 0 Å². The Labute approximate surface area is 115 Å². The first-order valence-corrected chi connectivity index (χ1v) is 7.08. The molecule has 0 aromatic heterocycles. The van der Waals surface area contributed by atoms with Crippen LogP contribution in [0.4, 0.5) is 15.8 Å². The lowest BCUT2D eigenvalue weighted by Gasteiger charge is -2.10. The third-order valence-corrected chi connectivity index (χ3v) is 4.02. The number of benzene rings is 2. The van der Waals surface area contributed by atoms with Gasteiger partial charge >= 0.3 is 0 Å². The summed E-state index contributed by atoms with van der Waals surface area (Å²) in [6.07, 6.45) is 0. The highest BCUT2D eigenvalue weighted by Gasteiger charge is 2.20. The minimum Gasteiger partial charge on any atom is -0.397 e. The zero-order valence-corrected chi connectivity index (χ0v) is 11.2. The maximum atomic E-state index is 13.6. The molecule has 2 rings (SSSR count). The number of halogens is 2. The highest BCUT2D eigenvalue weighted by molar-refractivity contribution is 7.92. The Balaban J connectivity index is 2.41. The molecule has 0 bridgehead atoms. The van der Waals surface area contributed by atoms with Gasteiger partial charge in [-0.1, -0.05) is 23.7 Å². The molecule has 0 saturated carbocycles. The molecule has 0 aliphatic rings. The lowest BCUT2D eigenvalue weighted by Crippen LogP contribution is -2.15. The normalized spacial score (nSPS) is 11.3. The number of sulfonamides is 1. The zero-order chi connectivity index (χ0) is 14.0. The van der Waals surface area contributed by atoms with Crippen LogP contribution in [0.15, 0.2) is 47.4 Å². The summed E-state index contributed by atoms with van der Waals surface area (Å²) in [7, 11) is -4.05. The molecule has 0 radical (unpaired) electrons. The Hall–Kier alpha value is -1.79. The maximum Gasteiger partial charge on any atom is 0.264 e. The fourth-order valence-corrected chi connectivity index (χ4v) is 2.79. The molecule has 3 N–H and O–H groups in total. The van der Waals surface area contributed by atoms with Gasteiger partial charge in [0, 0.05) is 5.02 Å². The predicted molar refractivity (Wildman–Crippen MR) is 73.1 cm³/mol. The second kappa shape index (κ2) is 5.07. The van der Waals surface area contributed by atoms with Gasteiger partial charge in [-0.15, -0.1) is 0 Å². The molecular weight excluding hydrogens is 291 g/mol. The first-order chi connectivity index (χ1) is 8.90. The fourth-order valence-electron chi connectivity index (χ4n) is 1.48. The molecule has 2 aromatic carbocycles. The van der Waals surface area contributed by atoms with Gasteiger partial charge in [-0.3, -0.25) is 4.72 Å². The third kappa shape index (κ3) is 2.97. The van der Waals surface area contributed by atoms with E-state index in [1.807, 2.05) is 0 Å². The van der Waals surface area contributed by atoms with E-state index in [1.165, 1.54) is 18.2 Å². The molecule has 0 aliphatic carbocycles. The monoisotopic (exact) mass is 300 g/mol. The Morgan fingerprint density at radius 3 is 2.47 bits per heavy atom. The Kier molecular flexibility index (Phi) is 3.64. The van der Waals surface area contributed by atoms with Crippen LogP contribution in [-0.4, -0.2) is 8.42 Å². The van der Waals surface area contributed by atoms with Crippen LogP contribution < -0.4 is 10.5 Å². The van der Waals surface area contributed by atoms with Gasteiger partial charge in [-0.05, 0) is 30.3 Å². The molecule has 0 spiro atoms. The molecule has 19 heavy (non-hydrogen) atoms. The number of hydrogen-bond acceptors (Lipinski definition) is 3. The predicted octanol–water partition coefficient (Wildman–Crippen LogP) is 2.86. The van der Waals surface area contributed by atoms with E-state index in [2.05, 4.69) is 4.72 Å². The van der Waals surface area contributed by atoms with E-state index >= 15 is 0 Å². The Morgan fingerprint density at radius 2 is 1.84 bits per heavy atom. The third-order valence-electron chi connectivity index (χ3n) is 2.39. The van der Waals surface area contributed by atoms with Crippen LogP contribution in [0.2, 0.25) is 5.02 Å². The second-order valence-corrected chi connectivity index (χ2v) is 5.85. The van der Waals surface area contributed by atoms with Crippen molar-refractivity contribution in [3.8, 4) is 0 Å². The summed E-state index contributed by atoms with van der Waals surface area (Å²) in [6.45, 7) is 0. The average Bonchev–Trinajstić information content (AvgIpc) is 2.31. The van der Waals surface area contributed by atoms with Gasteiger partial charge in [0.1, 0.15) is 10.7 Å². The molecule has 0 aliphatic heterocycles. The molecule has 100 valence electrons. The van der Waals surface area contributed by atoms with Gasteiger partial charge in [-0.2, -0.15) is 0 Å². The van der Waals surface area contributed by atoms with Crippen molar-refractivity contribution in [2.24, 2.45) is 0 Å². The first kappa shape index (κ1) is 13.6. The summed E-state index contributed by atoms with van der Waals surface area (Å²) in [5, 5.41) is 0.121. The molecular formula is C12H10ClFN2O2S. The molecule has 0 heterocycles. The number of nitrogens with two attached hydrogens (primary N) is 1. The number of hydrogen-bond donors (Lipinski definition) is 2. The van der Waals surface area contributed by atoms with E-state index in [-0.39, 0.29) is 16.4 Å². The van der Waals surface area contributed by atoms with Crippen molar-refractivity contribution < 1.29 is 12.8 Å². The standard InChI is InChI=1S/C12H10ClFN2O2S/c13-8-5-6-12(9(14)7-8)19(17,18)16-11-4-2-1-3-10(11)15/h1-7,16H,15H2. The molecule has 0 fully saturated rings. The van der Waals surface area contributed by atoms with Crippen molar-refractivity contribution in [2.75, 3.05) is 10.5 Å². The van der Waals surface area contributed by atoms with Crippen molar-refractivity contribution in [2.45, 2.75) is 4.90 Å². The molecule has 0 atom stereocenters. The summed E-state index contributed by atoms with van der Waals surface area (Å²) in [5.41, 5.74) is 6.07. The van der Waals surface area contributed by atoms with E-state index in [0.29, 0.717) is 0 Å². The van der Waals surface area contributed by atoms with Gasteiger partial charge in [0.05, 0.1) is 11.4 Å². The smallest absolute Gasteiger partial charge is 0.264 e. The second-order valence-electron chi connectivity index (χ2n) is 3.77. The molecule has 7 heteroatoms. The summed E-state index contributed by atoms with van der Waals surface area (Å²) < 4.78 is 39.9. The quantitative estimate of drug-likeness (QED) is 0.856. The van der Waals surface area contributed by atoms with Crippen LogP contribution >= 0.6 is 11.6 Å². The topological polar surface area (TPSA) is 72.2 Å². The van der Waals surface area contributed by atoms with E-state index < -0.39 is 20.7 Å².